The van der Waals surface area contributed by atoms with E-state index in [1.54, 1.807) is 14.2 Å². The number of rotatable bonds is 8. The molecule has 0 bridgehead atoms. The monoisotopic (exact) mass is 390 g/mol. The topological polar surface area (TPSA) is 67.9 Å². The highest BCUT2D eigenvalue weighted by atomic mass is 16.5. The van der Waals surface area contributed by atoms with Crippen LogP contribution in [0.1, 0.15) is 45.6 Å². The lowest BCUT2D eigenvalue weighted by molar-refractivity contribution is -0.133. The van der Waals surface area contributed by atoms with Gasteiger partial charge in [0.05, 0.1) is 20.1 Å². The summed E-state index contributed by atoms with van der Waals surface area (Å²) in [5.41, 5.74) is 0.936. The van der Waals surface area contributed by atoms with Gasteiger partial charge in [-0.3, -0.25) is 9.59 Å². The highest BCUT2D eigenvalue weighted by Crippen LogP contribution is 2.39. The minimum atomic E-state index is -0.294. The summed E-state index contributed by atoms with van der Waals surface area (Å²) >= 11 is 0. The third-order valence-electron chi connectivity index (χ3n) is 5.32. The summed E-state index contributed by atoms with van der Waals surface area (Å²) in [6.07, 6.45) is 0.934. The van der Waals surface area contributed by atoms with Crippen molar-refractivity contribution in [3.05, 3.63) is 23.8 Å². The van der Waals surface area contributed by atoms with Crippen LogP contribution in [0.25, 0.3) is 0 Å². The van der Waals surface area contributed by atoms with Gasteiger partial charge in [0.2, 0.25) is 11.8 Å². The molecule has 6 heteroatoms. The van der Waals surface area contributed by atoms with Crippen molar-refractivity contribution in [3.8, 4) is 11.5 Å². The first-order chi connectivity index (χ1) is 13.3. The maximum absolute atomic E-state index is 13.0. The Bertz CT molecular complexity index is 687. The van der Waals surface area contributed by atoms with Gasteiger partial charge in [0.25, 0.3) is 0 Å². The number of nitrogens with zero attached hydrogens (tertiary/aromatic N) is 1. The number of nitrogens with one attached hydrogen (secondary N) is 1. The van der Waals surface area contributed by atoms with E-state index >= 15 is 0 Å². The summed E-state index contributed by atoms with van der Waals surface area (Å²) in [6, 6.07) is 5.65. The molecule has 1 aliphatic heterocycles. The molecule has 2 atom stereocenters. The zero-order chi connectivity index (χ0) is 20.8. The number of carbonyl (C=O) groups is 2. The molecule has 1 aromatic carbocycles. The van der Waals surface area contributed by atoms with Gasteiger partial charge < -0.3 is 19.7 Å². The van der Waals surface area contributed by atoms with Crippen LogP contribution >= 0.6 is 0 Å². The van der Waals surface area contributed by atoms with Crippen molar-refractivity contribution < 1.29 is 19.1 Å². The Morgan fingerprint density at radius 3 is 2.43 bits per heavy atom. The number of carbonyl (C=O) groups excluding carboxylic acids is 2. The molecule has 1 N–H and O–H groups in total. The number of ether oxygens (including phenoxy) is 2. The highest BCUT2D eigenvalue weighted by molar-refractivity contribution is 5.84. The van der Waals surface area contributed by atoms with Crippen LogP contribution in [-0.2, 0) is 9.59 Å². The zero-order valence-corrected chi connectivity index (χ0v) is 18.0. The van der Waals surface area contributed by atoms with E-state index in [4.69, 9.17) is 9.47 Å². The van der Waals surface area contributed by atoms with Crippen molar-refractivity contribution in [2.75, 3.05) is 33.9 Å². The van der Waals surface area contributed by atoms with Crippen LogP contribution in [0.5, 0.6) is 11.5 Å². The van der Waals surface area contributed by atoms with Gasteiger partial charge in [0, 0.05) is 43.1 Å². The first-order valence-electron chi connectivity index (χ1n) is 10.1. The summed E-state index contributed by atoms with van der Waals surface area (Å²) in [7, 11) is 3.22. The fourth-order valence-electron chi connectivity index (χ4n) is 3.67. The molecule has 0 saturated carbocycles. The molecule has 2 rings (SSSR count). The van der Waals surface area contributed by atoms with Gasteiger partial charge in [0.15, 0.2) is 0 Å². The number of amides is 2. The van der Waals surface area contributed by atoms with E-state index < -0.39 is 0 Å². The van der Waals surface area contributed by atoms with Crippen LogP contribution < -0.4 is 14.8 Å². The molecule has 0 aromatic heterocycles. The molecule has 6 nitrogen and oxygen atoms in total. The van der Waals surface area contributed by atoms with Gasteiger partial charge in [-0.1, -0.05) is 33.8 Å². The maximum atomic E-state index is 13.0. The fraction of sp³-hybridized carbons (Fsp3) is 0.636. The second-order valence-electron chi connectivity index (χ2n) is 8.19. The van der Waals surface area contributed by atoms with Crippen molar-refractivity contribution in [1.29, 1.82) is 0 Å². The molecule has 0 spiro atoms. The summed E-state index contributed by atoms with van der Waals surface area (Å²) in [5, 5.41) is 3.06. The van der Waals surface area contributed by atoms with Gasteiger partial charge in [-0.25, -0.2) is 0 Å². The molecule has 156 valence electrons. The SMILES string of the molecule is COc1ccc(C2CN(C(=O)C(C)C)CC2C(=O)NCCC(C)C)c(OC)c1. The smallest absolute Gasteiger partial charge is 0.225 e. The van der Waals surface area contributed by atoms with E-state index in [1.165, 1.54) is 0 Å². The Hall–Kier alpha value is -2.24. The van der Waals surface area contributed by atoms with Crippen LogP contribution in [0.3, 0.4) is 0 Å². The van der Waals surface area contributed by atoms with Crippen LogP contribution in [0.4, 0.5) is 0 Å². The second kappa shape index (κ2) is 9.80. The van der Waals surface area contributed by atoms with Crippen LogP contribution in [-0.4, -0.2) is 50.6 Å². The average molecular weight is 391 g/mol. The molecule has 0 aliphatic carbocycles. The molecular formula is C22H34N2O4. The predicted molar refractivity (Wildman–Crippen MR) is 110 cm³/mol. The summed E-state index contributed by atoms with van der Waals surface area (Å²) < 4.78 is 10.9. The van der Waals surface area contributed by atoms with Gasteiger partial charge in [-0.15, -0.1) is 0 Å². The molecule has 1 aromatic rings. The zero-order valence-electron chi connectivity index (χ0n) is 18.0. The van der Waals surface area contributed by atoms with E-state index in [-0.39, 0.29) is 29.6 Å². The maximum Gasteiger partial charge on any atom is 0.225 e. The molecule has 2 amide bonds. The minimum absolute atomic E-state index is 0.00239. The van der Waals surface area contributed by atoms with E-state index in [0.717, 1.165) is 12.0 Å². The summed E-state index contributed by atoms with van der Waals surface area (Å²) in [6.45, 7) is 9.65. The first kappa shape index (κ1) is 22.1. The molecular weight excluding hydrogens is 356 g/mol. The van der Waals surface area contributed by atoms with Gasteiger partial charge >= 0.3 is 0 Å². The Labute approximate surface area is 168 Å². The third kappa shape index (κ3) is 5.18. The van der Waals surface area contributed by atoms with Gasteiger partial charge in [0.1, 0.15) is 11.5 Å². The lowest BCUT2D eigenvalue weighted by atomic mass is 9.87. The standard InChI is InChI=1S/C22H34N2O4/c1-14(2)9-10-23-21(25)19-13-24(22(26)15(3)4)12-18(19)17-8-7-16(27-5)11-20(17)28-6/h7-8,11,14-15,18-19H,9-10,12-13H2,1-6H3,(H,23,25). The Kier molecular flexibility index (Phi) is 7.72. The van der Waals surface area contributed by atoms with Crippen molar-refractivity contribution in [1.82, 2.24) is 10.2 Å². The summed E-state index contributed by atoms with van der Waals surface area (Å²) in [5.74, 6) is 1.49. The lowest BCUT2D eigenvalue weighted by Crippen LogP contribution is -2.37. The molecule has 2 unspecified atom stereocenters. The van der Waals surface area contributed by atoms with Crippen molar-refractivity contribution in [2.24, 2.45) is 17.8 Å². The minimum Gasteiger partial charge on any atom is -0.497 e. The van der Waals surface area contributed by atoms with Crippen LogP contribution in [0, 0.1) is 17.8 Å². The molecule has 1 heterocycles. The highest BCUT2D eigenvalue weighted by Gasteiger charge is 2.41. The van der Waals surface area contributed by atoms with Crippen LogP contribution in [0.15, 0.2) is 18.2 Å². The van der Waals surface area contributed by atoms with E-state index in [2.05, 4.69) is 19.2 Å². The number of benzene rings is 1. The van der Waals surface area contributed by atoms with E-state index in [0.29, 0.717) is 37.1 Å². The van der Waals surface area contributed by atoms with Crippen LogP contribution in [0.2, 0.25) is 0 Å². The normalized spacial score (nSPS) is 19.2. The van der Waals surface area contributed by atoms with Crippen molar-refractivity contribution in [2.45, 2.75) is 40.0 Å². The van der Waals surface area contributed by atoms with Gasteiger partial charge in [-0.05, 0) is 18.4 Å². The Morgan fingerprint density at radius 2 is 1.86 bits per heavy atom. The second-order valence-corrected chi connectivity index (χ2v) is 8.19. The number of likely N-dealkylation sites (tertiary alicyclic amines) is 1. The fourth-order valence-corrected chi connectivity index (χ4v) is 3.67. The third-order valence-corrected chi connectivity index (χ3v) is 5.32. The van der Waals surface area contributed by atoms with E-state index in [1.807, 2.05) is 36.9 Å². The quantitative estimate of drug-likeness (QED) is 0.741. The number of hydrogen-bond acceptors (Lipinski definition) is 4. The molecule has 1 aliphatic rings. The number of methoxy groups -OCH3 is 2. The average Bonchev–Trinajstić information content (AvgIpc) is 3.11. The van der Waals surface area contributed by atoms with E-state index in [9.17, 15) is 9.59 Å². The predicted octanol–water partition coefficient (Wildman–Crippen LogP) is 3.06. The first-order valence-corrected chi connectivity index (χ1v) is 10.1. The largest absolute Gasteiger partial charge is 0.497 e. The molecule has 1 fully saturated rings. The molecule has 28 heavy (non-hydrogen) atoms. The van der Waals surface area contributed by atoms with Crippen molar-refractivity contribution >= 4 is 11.8 Å². The van der Waals surface area contributed by atoms with Gasteiger partial charge in [-0.2, -0.15) is 0 Å². The lowest BCUT2D eigenvalue weighted by Gasteiger charge is -2.21. The Morgan fingerprint density at radius 1 is 1.14 bits per heavy atom. The molecule has 1 saturated heterocycles. The summed E-state index contributed by atoms with van der Waals surface area (Å²) in [4.78, 5) is 27.4. The number of hydrogen-bond donors (Lipinski definition) is 1. The van der Waals surface area contributed by atoms with Crippen molar-refractivity contribution in [3.63, 3.8) is 0 Å². The Balaban J connectivity index is 2.29. The molecule has 0 radical (unpaired) electrons.